The van der Waals surface area contributed by atoms with Crippen LogP contribution in [0.4, 0.5) is 0 Å². The molecule has 1 aliphatic rings. The van der Waals surface area contributed by atoms with Gasteiger partial charge in [0, 0.05) is 16.7 Å². The standard InChI is InChI=1S/C18H17NO3/c1-11(2)10-22-18(20)15-9-5-8-14-16(15)12-6-3-4-7-13(12)17(14)19-21/h3-9,11,21H,10H2,1-2H3/b19-17-. The van der Waals surface area contributed by atoms with E-state index < -0.39 is 0 Å². The molecule has 3 rings (SSSR count). The fourth-order valence-corrected chi connectivity index (χ4v) is 2.69. The maximum Gasteiger partial charge on any atom is 0.338 e. The summed E-state index contributed by atoms with van der Waals surface area (Å²) in [7, 11) is 0. The Morgan fingerprint density at radius 2 is 1.77 bits per heavy atom. The normalized spacial score (nSPS) is 14.0. The summed E-state index contributed by atoms with van der Waals surface area (Å²) in [4.78, 5) is 12.4. The quantitative estimate of drug-likeness (QED) is 0.455. The van der Waals surface area contributed by atoms with Gasteiger partial charge >= 0.3 is 5.97 Å². The molecular weight excluding hydrogens is 278 g/mol. The summed E-state index contributed by atoms with van der Waals surface area (Å²) < 4.78 is 5.36. The molecule has 4 heteroatoms. The van der Waals surface area contributed by atoms with E-state index in [-0.39, 0.29) is 11.9 Å². The van der Waals surface area contributed by atoms with E-state index >= 15 is 0 Å². The van der Waals surface area contributed by atoms with Crippen molar-refractivity contribution in [2.24, 2.45) is 11.1 Å². The van der Waals surface area contributed by atoms with Crippen LogP contribution >= 0.6 is 0 Å². The Morgan fingerprint density at radius 3 is 2.45 bits per heavy atom. The molecule has 0 atom stereocenters. The van der Waals surface area contributed by atoms with Crippen LogP contribution in [0.15, 0.2) is 47.6 Å². The van der Waals surface area contributed by atoms with Gasteiger partial charge in [-0.3, -0.25) is 0 Å². The Balaban J connectivity index is 2.12. The summed E-state index contributed by atoms with van der Waals surface area (Å²) in [5.74, 6) is -0.0675. The predicted octanol–water partition coefficient (Wildman–Crippen LogP) is 3.71. The third-order valence-electron chi connectivity index (χ3n) is 3.64. The SMILES string of the molecule is CC(C)COC(=O)c1cccc2c1-c1ccccc1/C2=N/O. The first-order valence-corrected chi connectivity index (χ1v) is 7.25. The monoisotopic (exact) mass is 295 g/mol. The van der Waals surface area contributed by atoms with Crippen LogP contribution in [0.2, 0.25) is 0 Å². The number of nitrogens with zero attached hydrogens (tertiary/aromatic N) is 1. The van der Waals surface area contributed by atoms with Gasteiger partial charge in [-0.25, -0.2) is 4.79 Å². The van der Waals surface area contributed by atoms with E-state index in [1.165, 1.54) is 0 Å². The topological polar surface area (TPSA) is 58.9 Å². The molecule has 0 amide bonds. The van der Waals surface area contributed by atoms with E-state index in [0.717, 1.165) is 22.3 Å². The van der Waals surface area contributed by atoms with Crippen molar-refractivity contribution in [3.63, 3.8) is 0 Å². The molecule has 0 spiro atoms. The number of hydrogen-bond acceptors (Lipinski definition) is 4. The van der Waals surface area contributed by atoms with E-state index in [1.54, 1.807) is 12.1 Å². The molecule has 0 aromatic heterocycles. The van der Waals surface area contributed by atoms with Crippen LogP contribution in [0.5, 0.6) is 0 Å². The number of oxime groups is 1. The van der Waals surface area contributed by atoms with Gasteiger partial charge < -0.3 is 9.94 Å². The lowest BCUT2D eigenvalue weighted by Gasteiger charge is -2.10. The van der Waals surface area contributed by atoms with Crippen LogP contribution < -0.4 is 0 Å². The Kier molecular flexibility index (Phi) is 3.67. The van der Waals surface area contributed by atoms with Gasteiger partial charge in [-0.05, 0) is 17.5 Å². The molecule has 0 heterocycles. The Bertz CT molecular complexity index is 763. The zero-order chi connectivity index (χ0) is 15.7. The largest absolute Gasteiger partial charge is 0.462 e. The Hall–Kier alpha value is -2.62. The van der Waals surface area contributed by atoms with Gasteiger partial charge in [0.2, 0.25) is 0 Å². The molecular formula is C18H17NO3. The molecule has 0 saturated heterocycles. The second-order valence-corrected chi connectivity index (χ2v) is 5.71. The predicted molar refractivity (Wildman–Crippen MR) is 84.4 cm³/mol. The number of carbonyl (C=O) groups is 1. The van der Waals surface area contributed by atoms with Crippen molar-refractivity contribution in [2.45, 2.75) is 13.8 Å². The van der Waals surface area contributed by atoms with Crippen molar-refractivity contribution in [1.82, 2.24) is 0 Å². The molecule has 22 heavy (non-hydrogen) atoms. The summed E-state index contributed by atoms with van der Waals surface area (Å²) >= 11 is 0. The van der Waals surface area contributed by atoms with Crippen molar-refractivity contribution < 1.29 is 14.7 Å². The molecule has 0 fully saturated rings. The lowest BCUT2D eigenvalue weighted by Crippen LogP contribution is -2.11. The summed E-state index contributed by atoms with van der Waals surface area (Å²) in [5, 5.41) is 12.7. The number of ether oxygens (including phenoxy) is 1. The average molecular weight is 295 g/mol. The van der Waals surface area contributed by atoms with E-state index in [4.69, 9.17) is 4.74 Å². The number of benzene rings is 2. The highest BCUT2D eigenvalue weighted by Crippen LogP contribution is 2.39. The highest BCUT2D eigenvalue weighted by molar-refractivity contribution is 6.26. The minimum Gasteiger partial charge on any atom is -0.462 e. The second kappa shape index (κ2) is 5.64. The zero-order valence-electron chi connectivity index (χ0n) is 12.5. The van der Waals surface area contributed by atoms with Gasteiger partial charge in [0.05, 0.1) is 12.2 Å². The molecule has 2 aromatic carbocycles. The van der Waals surface area contributed by atoms with Crippen LogP contribution in [0, 0.1) is 5.92 Å². The highest BCUT2D eigenvalue weighted by atomic mass is 16.5. The van der Waals surface area contributed by atoms with Gasteiger partial charge in [0.15, 0.2) is 0 Å². The number of fused-ring (bicyclic) bond motifs is 3. The fraction of sp³-hybridized carbons (Fsp3) is 0.222. The highest BCUT2D eigenvalue weighted by Gasteiger charge is 2.29. The third kappa shape index (κ3) is 2.26. The molecule has 4 nitrogen and oxygen atoms in total. The van der Waals surface area contributed by atoms with Crippen LogP contribution in [0.1, 0.15) is 35.3 Å². The first-order chi connectivity index (χ1) is 10.6. The number of rotatable bonds is 3. The fourth-order valence-electron chi connectivity index (χ4n) is 2.69. The minimum atomic E-state index is -0.348. The van der Waals surface area contributed by atoms with Gasteiger partial charge in [-0.2, -0.15) is 0 Å². The molecule has 0 radical (unpaired) electrons. The van der Waals surface area contributed by atoms with E-state index in [2.05, 4.69) is 5.16 Å². The molecule has 2 aromatic rings. The third-order valence-corrected chi connectivity index (χ3v) is 3.64. The lowest BCUT2D eigenvalue weighted by atomic mass is 9.99. The maximum absolute atomic E-state index is 12.4. The minimum absolute atomic E-state index is 0.280. The van der Waals surface area contributed by atoms with Crippen LogP contribution in [-0.2, 0) is 4.74 Å². The Labute approximate surface area is 129 Å². The van der Waals surface area contributed by atoms with Crippen molar-refractivity contribution in [3.8, 4) is 11.1 Å². The molecule has 1 aliphatic carbocycles. The zero-order valence-corrected chi connectivity index (χ0v) is 12.5. The summed E-state index contributed by atoms with van der Waals surface area (Å²) in [6, 6.07) is 13.0. The molecule has 0 unspecified atom stereocenters. The summed E-state index contributed by atoms with van der Waals surface area (Å²) in [5.41, 5.74) is 4.24. The van der Waals surface area contributed by atoms with Crippen molar-refractivity contribution in [3.05, 3.63) is 59.2 Å². The molecule has 0 bridgehead atoms. The molecule has 1 N–H and O–H groups in total. The van der Waals surface area contributed by atoms with Crippen LogP contribution in [0.25, 0.3) is 11.1 Å². The van der Waals surface area contributed by atoms with E-state index in [9.17, 15) is 10.0 Å². The number of esters is 1. The number of hydrogen-bond donors (Lipinski definition) is 1. The van der Waals surface area contributed by atoms with E-state index in [1.807, 2.05) is 44.2 Å². The van der Waals surface area contributed by atoms with E-state index in [0.29, 0.717) is 17.9 Å². The van der Waals surface area contributed by atoms with Crippen LogP contribution in [-0.4, -0.2) is 23.5 Å². The van der Waals surface area contributed by atoms with Gasteiger partial charge in [-0.1, -0.05) is 55.4 Å². The average Bonchev–Trinajstić information content (AvgIpc) is 2.86. The lowest BCUT2D eigenvalue weighted by molar-refractivity contribution is 0.0460. The Morgan fingerprint density at radius 1 is 1.09 bits per heavy atom. The number of carbonyl (C=O) groups excluding carboxylic acids is 1. The maximum atomic E-state index is 12.4. The van der Waals surface area contributed by atoms with Gasteiger partial charge in [0.1, 0.15) is 5.71 Å². The molecule has 0 aliphatic heterocycles. The van der Waals surface area contributed by atoms with Crippen molar-refractivity contribution >= 4 is 11.7 Å². The summed E-state index contributed by atoms with van der Waals surface area (Å²) in [6.07, 6.45) is 0. The van der Waals surface area contributed by atoms with Gasteiger partial charge in [-0.15, -0.1) is 0 Å². The summed E-state index contributed by atoms with van der Waals surface area (Å²) in [6.45, 7) is 4.37. The smallest absolute Gasteiger partial charge is 0.338 e. The van der Waals surface area contributed by atoms with Crippen LogP contribution in [0.3, 0.4) is 0 Å². The molecule has 0 saturated carbocycles. The van der Waals surface area contributed by atoms with Crippen molar-refractivity contribution in [2.75, 3.05) is 6.61 Å². The first kappa shape index (κ1) is 14.3. The van der Waals surface area contributed by atoms with Crippen molar-refractivity contribution in [1.29, 1.82) is 0 Å². The molecule has 112 valence electrons. The second-order valence-electron chi connectivity index (χ2n) is 5.71. The van der Waals surface area contributed by atoms with Gasteiger partial charge in [0.25, 0.3) is 0 Å². The first-order valence-electron chi connectivity index (χ1n) is 7.25.